The van der Waals surface area contributed by atoms with E-state index in [9.17, 15) is 4.79 Å². The summed E-state index contributed by atoms with van der Waals surface area (Å²) in [4.78, 5) is 11.0. The normalized spacial score (nSPS) is 12.0. The van der Waals surface area contributed by atoms with Crippen molar-refractivity contribution in [1.29, 1.82) is 0 Å². The number of aliphatic carboxylic acids is 1. The summed E-state index contributed by atoms with van der Waals surface area (Å²) in [6, 6.07) is 3.60. The van der Waals surface area contributed by atoms with E-state index in [0.29, 0.717) is 24.5 Å². The van der Waals surface area contributed by atoms with Crippen molar-refractivity contribution >= 4 is 5.97 Å². The minimum Gasteiger partial charge on any atom is -0.497 e. The highest BCUT2D eigenvalue weighted by atomic mass is 16.5. The third-order valence-electron chi connectivity index (χ3n) is 2.96. The Balaban J connectivity index is 3.20. The Bertz CT molecular complexity index is 442. The van der Waals surface area contributed by atoms with E-state index < -0.39 is 11.9 Å². The predicted molar refractivity (Wildman–Crippen MR) is 70.8 cm³/mol. The molecule has 0 spiro atoms. The average molecular weight is 268 g/mol. The van der Waals surface area contributed by atoms with E-state index in [2.05, 4.69) is 0 Å². The maximum atomic E-state index is 11.0. The molecule has 1 N–H and O–H groups in total. The summed E-state index contributed by atoms with van der Waals surface area (Å²) in [6.07, 6.45) is 0.390. The van der Waals surface area contributed by atoms with Gasteiger partial charge in [0.05, 0.1) is 26.7 Å². The Morgan fingerprint density at radius 3 is 2.42 bits per heavy atom. The molecule has 5 nitrogen and oxygen atoms in total. The zero-order valence-electron chi connectivity index (χ0n) is 11.7. The summed E-state index contributed by atoms with van der Waals surface area (Å²) in [7, 11) is 4.72. The number of rotatable bonds is 7. The van der Waals surface area contributed by atoms with Crippen LogP contribution in [0, 0.1) is 5.92 Å². The summed E-state index contributed by atoms with van der Waals surface area (Å²) < 4.78 is 15.7. The van der Waals surface area contributed by atoms with Crippen LogP contribution in [0.2, 0.25) is 0 Å². The van der Waals surface area contributed by atoms with Crippen molar-refractivity contribution < 1.29 is 24.1 Å². The van der Waals surface area contributed by atoms with E-state index in [-0.39, 0.29) is 0 Å². The van der Waals surface area contributed by atoms with Crippen LogP contribution in [-0.4, -0.2) is 32.4 Å². The smallest absolute Gasteiger partial charge is 0.306 e. The molecule has 0 saturated heterocycles. The highest BCUT2D eigenvalue weighted by Gasteiger charge is 2.19. The maximum Gasteiger partial charge on any atom is 0.306 e. The van der Waals surface area contributed by atoms with Gasteiger partial charge in [0.1, 0.15) is 11.5 Å². The van der Waals surface area contributed by atoms with E-state index in [4.69, 9.17) is 19.3 Å². The largest absolute Gasteiger partial charge is 0.497 e. The van der Waals surface area contributed by atoms with Crippen molar-refractivity contribution in [1.82, 2.24) is 0 Å². The van der Waals surface area contributed by atoms with E-state index in [1.54, 1.807) is 34.3 Å². The zero-order valence-corrected chi connectivity index (χ0v) is 11.7. The molecule has 0 aliphatic heterocycles. The molecular formula is C14H20O5. The lowest BCUT2D eigenvalue weighted by Gasteiger charge is -2.17. The van der Waals surface area contributed by atoms with Crippen LogP contribution in [0.1, 0.15) is 18.1 Å². The molecule has 0 bridgehead atoms. The van der Waals surface area contributed by atoms with Crippen molar-refractivity contribution in [2.75, 3.05) is 21.3 Å². The summed E-state index contributed by atoms with van der Waals surface area (Å²) in [6.45, 7) is 2.05. The second-order valence-electron chi connectivity index (χ2n) is 4.34. The van der Waals surface area contributed by atoms with E-state index >= 15 is 0 Å². The number of benzene rings is 1. The summed E-state index contributed by atoms with van der Waals surface area (Å²) in [5.74, 6) is -0.0331. The molecule has 1 aromatic rings. The number of carboxylic acids is 1. The third-order valence-corrected chi connectivity index (χ3v) is 2.96. The molecule has 1 atom stereocenters. The Morgan fingerprint density at radius 2 is 1.95 bits per heavy atom. The molecule has 0 radical (unpaired) electrons. The van der Waals surface area contributed by atoms with Crippen LogP contribution in [0.5, 0.6) is 11.5 Å². The second kappa shape index (κ2) is 6.99. The molecule has 5 heteroatoms. The first kappa shape index (κ1) is 15.3. The van der Waals surface area contributed by atoms with Crippen molar-refractivity contribution in [3.63, 3.8) is 0 Å². The monoisotopic (exact) mass is 268 g/mol. The molecule has 0 saturated carbocycles. The molecule has 0 amide bonds. The quantitative estimate of drug-likeness (QED) is 0.820. The third kappa shape index (κ3) is 3.86. The Morgan fingerprint density at radius 1 is 1.26 bits per heavy atom. The Hall–Kier alpha value is -1.75. The van der Waals surface area contributed by atoms with Gasteiger partial charge in [0.25, 0.3) is 0 Å². The van der Waals surface area contributed by atoms with Crippen molar-refractivity contribution in [3.05, 3.63) is 23.3 Å². The van der Waals surface area contributed by atoms with Gasteiger partial charge in [-0.2, -0.15) is 0 Å². The molecule has 106 valence electrons. The minimum absolute atomic E-state index is 0.384. The molecule has 1 rings (SSSR count). The number of methoxy groups -OCH3 is 3. The lowest BCUT2D eigenvalue weighted by Crippen LogP contribution is -2.14. The molecular weight excluding hydrogens is 248 g/mol. The fourth-order valence-electron chi connectivity index (χ4n) is 1.88. The van der Waals surface area contributed by atoms with Crippen molar-refractivity contribution in [2.24, 2.45) is 5.92 Å². The first-order valence-corrected chi connectivity index (χ1v) is 5.99. The number of hydrogen-bond acceptors (Lipinski definition) is 4. The fraction of sp³-hybridized carbons (Fsp3) is 0.500. The van der Waals surface area contributed by atoms with Gasteiger partial charge in [0.2, 0.25) is 0 Å². The highest BCUT2D eigenvalue weighted by molar-refractivity contribution is 5.70. The standard InChI is InChI=1S/C14H20O5/c1-9(14(15)16)5-12-10(8-17-2)6-11(18-3)7-13(12)19-4/h6-7,9H,5,8H2,1-4H3,(H,15,16). The molecule has 0 aliphatic carbocycles. The van der Waals surface area contributed by atoms with Gasteiger partial charge in [-0.15, -0.1) is 0 Å². The van der Waals surface area contributed by atoms with Gasteiger partial charge in [-0.25, -0.2) is 0 Å². The lowest BCUT2D eigenvalue weighted by atomic mass is 9.96. The van der Waals surface area contributed by atoms with Crippen LogP contribution >= 0.6 is 0 Å². The van der Waals surface area contributed by atoms with Gasteiger partial charge in [0, 0.05) is 18.7 Å². The first-order chi connectivity index (χ1) is 9.03. The summed E-state index contributed by atoms with van der Waals surface area (Å²) in [5.41, 5.74) is 1.73. The van der Waals surface area contributed by atoms with Gasteiger partial charge in [0.15, 0.2) is 0 Å². The van der Waals surface area contributed by atoms with Crippen LogP contribution in [0.3, 0.4) is 0 Å². The Labute approximate surface area is 113 Å². The first-order valence-electron chi connectivity index (χ1n) is 5.99. The lowest BCUT2D eigenvalue weighted by molar-refractivity contribution is -0.141. The number of carboxylic acid groups (broad SMARTS) is 1. The SMILES string of the molecule is COCc1cc(OC)cc(OC)c1CC(C)C(=O)O. The van der Waals surface area contributed by atoms with Crippen LogP contribution < -0.4 is 9.47 Å². The van der Waals surface area contributed by atoms with E-state index in [1.807, 2.05) is 6.07 Å². The predicted octanol–water partition coefficient (Wildman–Crippen LogP) is 2.11. The van der Waals surface area contributed by atoms with Gasteiger partial charge in [-0.1, -0.05) is 6.92 Å². The summed E-state index contributed by atoms with van der Waals surface area (Å²) in [5, 5.41) is 9.03. The van der Waals surface area contributed by atoms with Crippen molar-refractivity contribution in [2.45, 2.75) is 20.0 Å². The average Bonchev–Trinajstić information content (AvgIpc) is 2.40. The molecule has 0 fully saturated rings. The Kier molecular flexibility index (Phi) is 5.63. The molecule has 0 aliphatic rings. The topological polar surface area (TPSA) is 65.0 Å². The van der Waals surface area contributed by atoms with Gasteiger partial charge in [-0.05, 0) is 18.1 Å². The van der Waals surface area contributed by atoms with Crippen LogP contribution in [0.25, 0.3) is 0 Å². The molecule has 0 heterocycles. The van der Waals surface area contributed by atoms with Crippen LogP contribution in [0.15, 0.2) is 12.1 Å². The number of carbonyl (C=O) groups is 1. The van der Waals surface area contributed by atoms with Gasteiger partial charge < -0.3 is 19.3 Å². The van der Waals surface area contributed by atoms with Crippen LogP contribution in [0.4, 0.5) is 0 Å². The van der Waals surface area contributed by atoms with Gasteiger partial charge in [-0.3, -0.25) is 4.79 Å². The molecule has 19 heavy (non-hydrogen) atoms. The maximum absolute atomic E-state index is 11.0. The zero-order chi connectivity index (χ0) is 14.4. The summed E-state index contributed by atoms with van der Waals surface area (Å²) >= 11 is 0. The number of hydrogen-bond donors (Lipinski definition) is 1. The van der Waals surface area contributed by atoms with Crippen LogP contribution in [-0.2, 0) is 22.6 Å². The molecule has 0 aromatic heterocycles. The van der Waals surface area contributed by atoms with Gasteiger partial charge >= 0.3 is 5.97 Å². The number of ether oxygens (including phenoxy) is 3. The molecule has 1 unspecified atom stereocenters. The minimum atomic E-state index is -0.832. The highest BCUT2D eigenvalue weighted by Crippen LogP contribution is 2.31. The van der Waals surface area contributed by atoms with E-state index in [1.165, 1.54) is 0 Å². The second-order valence-corrected chi connectivity index (χ2v) is 4.34. The van der Waals surface area contributed by atoms with E-state index in [0.717, 1.165) is 11.1 Å². The van der Waals surface area contributed by atoms with Crippen molar-refractivity contribution in [3.8, 4) is 11.5 Å². The fourth-order valence-corrected chi connectivity index (χ4v) is 1.88. The molecule has 1 aromatic carbocycles.